The molecule has 1 amide bonds. The maximum absolute atomic E-state index is 12.1. The number of aromatic hydroxyl groups is 1. The van der Waals surface area contributed by atoms with E-state index in [0.717, 1.165) is 25.9 Å². The minimum atomic E-state index is 0.103. The van der Waals surface area contributed by atoms with E-state index in [4.69, 9.17) is 0 Å². The van der Waals surface area contributed by atoms with Gasteiger partial charge < -0.3 is 15.7 Å². The fourth-order valence-electron chi connectivity index (χ4n) is 2.63. The first kappa shape index (κ1) is 14.9. The molecule has 1 aromatic rings. The largest absolute Gasteiger partial charge is 0.508 e. The number of carbonyl (C=O) groups excluding carboxylic acids is 1. The Balaban J connectivity index is 1.76. The van der Waals surface area contributed by atoms with Crippen LogP contribution in [0.2, 0.25) is 0 Å². The Kier molecular flexibility index (Phi) is 5.01. The van der Waals surface area contributed by atoms with Crippen LogP contribution in [0.1, 0.15) is 25.8 Å². The van der Waals surface area contributed by atoms with E-state index in [0.29, 0.717) is 5.92 Å². The number of rotatable bonds is 5. The van der Waals surface area contributed by atoms with Crippen LogP contribution in [-0.4, -0.2) is 30.1 Å². The molecule has 0 radical (unpaired) electrons. The normalized spacial score (nSPS) is 23.5. The second kappa shape index (κ2) is 6.75. The summed E-state index contributed by atoms with van der Waals surface area (Å²) in [6.07, 6.45) is 1.81. The maximum atomic E-state index is 12.1. The smallest absolute Gasteiger partial charge is 0.224 e. The Morgan fingerprint density at radius 2 is 2.10 bits per heavy atom. The third kappa shape index (κ3) is 3.97. The molecule has 1 aliphatic heterocycles. The lowest BCUT2D eigenvalue weighted by molar-refractivity contribution is -0.126. The van der Waals surface area contributed by atoms with Gasteiger partial charge in [0.1, 0.15) is 5.75 Å². The van der Waals surface area contributed by atoms with E-state index in [1.165, 1.54) is 5.56 Å². The van der Waals surface area contributed by atoms with Gasteiger partial charge >= 0.3 is 0 Å². The summed E-state index contributed by atoms with van der Waals surface area (Å²) >= 11 is 0. The molecule has 0 aliphatic carbocycles. The summed E-state index contributed by atoms with van der Waals surface area (Å²) in [6, 6.07) is 7.42. The minimum Gasteiger partial charge on any atom is -0.508 e. The SMILES string of the molecule is CC(CCc1ccc(O)cc1)NC(=O)[C@@H]1CNC[C@H]1C. The highest BCUT2D eigenvalue weighted by Crippen LogP contribution is 2.16. The van der Waals surface area contributed by atoms with Crippen LogP contribution in [0.4, 0.5) is 0 Å². The Hall–Kier alpha value is -1.55. The van der Waals surface area contributed by atoms with Crippen LogP contribution in [0.5, 0.6) is 5.75 Å². The molecule has 0 aromatic heterocycles. The van der Waals surface area contributed by atoms with E-state index >= 15 is 0 Å². The maximum Gasteiger partial charge on any atom is 0.224 e. The van der Waals surface area contributed by atoms with Crippen molar-refractivity contribution in [2.24, 2.45) is 11.8 Å². The van der Waals surface area contributed by atoms with Crippen LogP contribution in [0.3, 0.4) is 0 Å². The van der Waals surface area contributed by atoms with E-state index < -0.39 is 0 Å². The lowest BCUT2D eigenvalue weighted by atomic mass is 9.96. The quantitative estimate of drug-likeness (QED) is 0.767. The highest BCUT2D eigenvalue weighted by molar-refractivity contribution is 5.79. The van der Waals surface area contributed by atoms with Crippen molar-refractivity contribution >= 4 is 5.91 Å². The van der Waals surface area contributed by atoms with Gasteiger partial charge in [-0.25, -0.2) is 0 Å². The zero-order valence-electron chi connectivity index (χ0n) is 12.2. The molecular weight excluding hydrogens is 252 g/mol. The molecule has 1 aliphatic rings. The fourth-order valence-corrected chi connectivity index (χ4v) is 2.63. The molecule has 4 nitrogen and oxygen atoms in total. The summed E-state index contributed by atoms with van der Waals surface area (Å²) in [5.41, 5.74) is 1.18. The van der Waals surface area contributed by atoms with Gasteiger partial charge in [0.05, 0.1) is 5.92 Å². The molecule has 1 fully saturated rings. The van der Waals surface area contributed by atoms with Crippen molar-refractivity contribution < 1.29 is 9.90 Å². The van der Waals surface area contributed by atoms with Crippen molar-refractivity contribution in [3.63, 3.8) is 0 Å². The number of nitrogens with one attached hydrogen (secondary N) is 2. The highest BCUT2D eigenvalue weighted by atomic mass is 16.3. The van der Waals surface area contributed by atoms with Crippen LogP contribution in [-0.2, 0) is 11.2 Å². The number of carbonyl (C=O) groups is 1. The molecule has 20 heavy (non-hydrogen) atoms. The van der Waals surface area contributed by atoms with Crippen LogP contribution in [0.15, 0.2) is 24.3 Å². The second-order valence-corrected chi connectivity index (χ2v) is 5.86. The van der Waals surface area contributed by atoms with Crippen molar-refractivity contribution in [2.75, 3.05) is 13.1 Å². The monoisotopic (exact) mass is 276 g/mol. The first-order chi connectivity index (χ1) is 9.56. The molecular formula is C16H24N2O2. The highest BCUT2D eigenvalue weighted by Gasteiger charge is 2.29. The molecule has 3 atom stereocenters. The van der Waals surface area contributed by atoms with Crippen molar-refractivity contribution in [2.45, 2.75) is 32.7 Å². The van der Waals surface area contributed by atoms with Gasteiger partial charge in [0, 0.05) is 12.6 Å². The van der Waals surface area contributed by atoms with E-state index in [-0.39, 0.29) is 23.6 Å². The summed E-state index contributed by atoms with van der Waals surface area (Å²) in [4.78, 5) is 12.1. The summed E-state index contributed by atoms with van der Waals surface area (Å²) in [5.74, 6) is 0.976. The Morgan fingerprint density at radius 1 is 1.40 bits per heavy atom. The third-order valence-electron chi connectivity index (χ3n) is 4.05. The number of amides is 1. The number of hydrogen-bond acceptors (Lipinski definition) is 3. The second-order valence-electron chi connectivity index (χ2n) is 5.86. The first-order valence-corrected chi connectivity index (χ1v) is 7.35. The number of phenols is 1. The van der Waals surface area contributed by atoms with Crippen molar-refractivity contribution in [3.05, 3.63) is 29.8 Å². The predicted octanol–water partition coefficient (Wildman–Crippen LogP) is 1.69. The molecule has 0 bridgehead atoms. The molecule has 110 valence electrons. The molecule has 1 aromatic carbocycles. The van der Waals surface area contributed by atoms with Gasteiger partial charge in [0.15, 0.2) is 0 Å². The van der Waals surface area contributed by atoms with Crippen molar-refractivity contribution in [1.82, 2.24) is 10.6 Å². The number of aryl methyl sites for hydroxylation is 1. The first-order valence-electron chi connectivity index (χ1n) is 7.35. The van der Waals surface area contributed by atoms with Crippen LogP contribution in [0.25, 0.3) is 0 Å². The third-order valence-corrected chi connectivity index (χ3v) is 4.05. The molecule has 0 saturated carbocycles. The van der Waals surface area contributed by atoms with Crippen LogP contribution >= 0.6 is 0 Å². The van der Waals surface area contributed by atoms with Crippen molar-refractivity contribution in [1.29, 1.82) is 0 Å². The standard InChI is InChI=1S/C16H24N2O2/c1-11-9-17-10-15(11)16(20)18-12(2)3-4-13-5-7-14(19)8-6-13/h5-8,11-12,15,17,19H,3-4,9-10H2,1-2H3,(H,18,20)/t11-,12?,15-/m1/s1. The van der Waals surface area contributed by atoms with Crippen LogP contribution in [0, 0.1) is 11.8 Å². The molecule has 4 heteroatoms. The number of phenolic OH excluding ortho intramolecular Hbond substituents is 1. The van der Waals surface area contributed by atoms with E-state index in [9.17, 15) is 9.90 Å². The molecule has 1 saturated heterocycles. The summed E-state index contributed by atoms with van der Waals surface area (Å²) in [5, 5.41) is 15.6. The van der Waals surface area contributed by atoms with E-state index in [2.05, 4.69) is 17.6 Å². The summed E-state index contributed by atoms with van der Waals surface area (Å²) in [7, 11) is 0. The predicted molar refractivity (Wildman–Crippen MR) is 79.6 cm³/mol. The molecule has 1 unspecified atom stereocenters. The molecule has 1 heterocycles. The Morgan fingerprint density at radius 3 is 2.70 bits per heavy atom. The number of benzene rings is 1. The summed E-state index contributed by atoms with van der Waals surface area (Å²) < 4.78 is 0. The van der Waals surface area contributed by atoms with Gasteiger partial charge in [-0.05, 0) is 49.9 Å². The minimum absolute atomic E-state index is 0.103. The molecule has 3 N–H and O–H groups in total. The molecule has 0 spiro atoms. The average molecular weight is 276 g/mol. The zero-order chi connectivity index (χ0) is 14.5. The average Bonchev–Trinajstić information content (AvgIpc) is 2.84. The van der Waals surface area contributed by atoms with Crippen LogP contribution < -0.4 is 10.6 Å². The van der Waals surface area contributed by atoms with Gasteiger partial charge in [-0.1, -0.05) is 19.1 Å². The van der Waals surface area contributed by atoms with Gasteiger partial charge in [-0.3, -0.25) is 4.79 Å². The number of hydrogen-bond donors (Lipinski definition) is 3. The Labute approximate surface area is 120 Å². The van der Waals surface area contributed by atoms with Gasteiger partial charge in [-0.15, -0.1) is 0 Å². The molecule has 2 rings (SSSR count). The lowest BCUT2D eigenvalue weighted by Crippen LogP contribution is -2.39. The lowest BCUT2D eigenvalue weighted by Gasteiger charge is -2.19. The topological polar surface area (TPSA) is 61.4 Å². The van der Waals surface area contributed by atoms with E-state index in [1.54, 1.807) is 12.1 Å². The van der Waals surface area contributed by atoms with Gasteiger partial charge in [0.2, 0.25) is 5.91 Å². The summed E-state index contributed by atoms with van der Waals surface area (Å²) in [6.45, 7) is 5.88. The Bertz CT molecular complexity index is 444. The van der Waals surface area contributed by atoms with Gasteiger partial charge in [-0.2, -0.15) is 0 Å². The fraction of sp³-hybridized carbons (Fsp3) is 0.562. The van der Waals surface area contributed by atoms with Gasteiger partial charge in [0.25, 0.3) is 0 Å². The van der Waals surface area contributed by atoms with E-state index in [1.807, 2.05) is 19.1 Å². The van der Waals surface area contributed by atoms with Crippen molar-refractivity contribution in [3.8, 4) is 5.75 Å². The zero-order valence-corrected chi connectivity index (χ0v) is 12.2.